The van der Waals surface area contributed by atoms with E-state index in [2.05, 4.69) is 16.3 Å². The number of hydrogen-bond donors (Lipinski definition) is 1. The lowest BCUT2D eigenvalue weighted by molar-refractivity contribution is 0.882. The third-order valence-corrected chi connectivity index (χ3v) is 2.74. The topological polar surface area (TPSA) is 56.2 Å². The van der Waals surface area contributed by atoms with E-state index in [-0.39, 0.29) is 0 Å². The van der Waals surface area contributed by atoms with Gasteiger partial charge in [-0.3, -0.25) is 4.40 Å². The Kier molecular flexibility index (Phi) is 1.58. The predicted octanol–water partition coefficient (Wildman–Crippen LogP) is 1.07. The fraction of sp³-hybridized carbons (Fsp3) is 0.400. The van der Waals surface area contributed by atoms with E-state index in [0.29, 0.717) is 12.5 Å². The van der Waals surface area contributed by atoms with Gasteiger partial charge in [-0.1, -0.05) is 6.07 Å². The van der Waals surface area contributed by atoms with Crippen LogP contribution in [0, 0.1) is 0 Å². The van der Waals surface area contributed by atoms with Gasteiger partial charge in [0.2, 0.25) is 0 Å². The molecule has 1 aliphatic carbocycles. The van der Waals surface area contributed by atoms with Crippen molar-refractivity contribution in [3.8, 4) is 0 Å². The minimum absolute atomic E-state index is 0.440. The Morgan fingerprint density at radius 2 is 2.29 bits per heavy atom. The summed E-state index contributed by atoms with van der Waals surface area (Å²) in [5, 5.41) is 8.26. The molecule has 0 bridgehead atoms. The number of nitrogens with zero attached hydrogens (tertiary/aromatic N) is 3. The summed E-state index contributed by atoms with van der Waals surface area (Å²) < 4.78 is 1.99. The maximum atomic E-state index is 5.58. The number of aromatic nitrogens is 3. The largest absolute Gasteiger partial charge is 0.324 e. The first-order valence-corrected chi connectivity index (χ1v) is 4.92. The highest BCUT2D eigenvalue weighted by atomic mass is 15.2. The fourth-order valence-electron chi connectivity index (χ4n) is 1.84. The average molecular weight is 188 g/mol. The number of rotatable bonds is 2. The lowest BCUT2D eigenvalue weighted by Crippen LogP contribution is -2.02. The molecule has 0 aromatic carbocycles. The highest BCUT2D eigenvalue weighted by molar-refractivity contribution is 5.50. The van der Waals surface area contributed by atoms with Gasteiger partial charge in [0, 0.05) is 11.8 Å². The molecule has 0 amide bonds. The molecule has 72 valence electrons. The monoisotopic (exact) mass is 188 g/mol. The van der Waals surface area contributed by atoms with Gasteiger partial charge in [-0.15, -0.1) is 10.2 Å². The molecule has 0 spiro atoms. The maximum absolute atomic E-state index is 5.58. The van der Waals surface area contributed by atoms with Crippen molar-refractivity contribution in [1.82, 2.24) is 14.6 Å². The lowest BCUT2D eigenvalue weighted by Gasteiger charge is -2.00. The maximum Gasteiger partial charge on any atom is 0.164 e. The third kappa shape index (κ3) is 1.04. The van der Waals surface area contributed by atoms with Gasteiger partial charge in [0.05, 0.1) is 6.54 Å². The molecule has 4 heteroatoms. The fourth-order valence-corrected chi connectivity index (χ4v) is 1.84. The van der Waals surface area contributed by atoms with Gasteiger partial charge in [0.15, 0.2) is 11.5 Å². The molecule has 0 unspecified atom stereocenters. The molecule has 2 N–H and O–H groups in total. The molecule has 0 atom stereocenters. The smallest absolute Gasteiger partial charge is 0.164 e. The van der Waals surface area contributed by atoms with Crippen LogP contribution >= 0.6 is 0 Å². The zero-order chi connectivity index (χ0) is 9.54. The van der Waals surface area contributed by atoms with Crippen LogP contribution in [0.2, 0.25) is 0 Å². The highest BCUT2D eigenvalue weighted by Crippen LogP contribution is 2.41. The molecule has 0 saturated heterocycles. The summed E-state index contributed by atoms with van der Waals surface area (Å²) in [7, 11) is 0. The first-order valence-electron chi connectivity index (χ1n) is 4.92. The molecule has 2 aromatic heterocycles. The van der Waals surface area contributed by atoms with E-state index in [9.17, 15) is 0 Å². The summed E-state index contributed by atoms with van der Waals surface area (Å²) in [5.41, 5.74) is 7.88. The standard InChI is InChI=1S/C10H12N4/c11-6-9-12-13-10-8(7-3-4-7)2-1-5-14(9)10/h1-2,5,7H,3-4,6,11H2. The van der Waals surface area contributed by atoms with E-state index in [1.807, 2.05) is 16.7 Å². The zero-order valence-corrected chi connectivity index (χ0v) is 7.85. The molecule has 3 rings (SSSR count). The zero-order valence-electron chi connectivity index (χ0n) is 7.85. The van der Waals surface area contributed by atoms with Gasteiger partial charge in [-0.2, -0.15) is 0 Å². The van der Waals surface area contributed by atoms with Crippen molar-refractivity contribution < 1.29 is 0 Å². The SMILES string of the molecule is NCc1nnc2c(C3CC3)cccn12. The van der Waals surface area contributed by atoms with Crippen LogP contribution < -0.4 is 5.73 Å². The summed E-state index contributed by atoms with van der Waals surface area (Å²) in [6.07, 6.45) is 4.54. The molecule has 0 radical (unpaired) electrons. The van der Waals surface area contributed by atoms with Gasteiger partial charge in [0.1, 0.15) is 0 Å². The molecular weight excluding hydrogens is 176 g/mol. The van der Waals surface area contributed by atoms with E-state index < -0.39 is 0 Å². The van der Waals surface area contributed by atoms with Crippen molar-refractivity contribution in [1.29, 1.82) is 0 Å². The Labute approximate surface area is 81.8 Å². The molecule has 2 heterocycles. The van der Waals surface area contributed by atoms with Crippen LogP contribution in [0.25, 0.3) is 5.65 Å². The molecule has 1 saturated carbocycles. The molecule has 1 aliphatic rings. The second kappa shape index (κ2) is 2.78. The first kappa shape index (κ1) is 7.94. The van der Waals surface area contributed by atoms with Crippen molar-refractivity contribution in [3.63, 3.8) is 0 Å². The van der Waals surface area contributed by atoms with Crippen LogP contribution in [0.15, 0.2) is 18.3 Å². The Bertz CT molecular complexity index is 470. The summed E-state index contributed by atoms with van der Waals surface area (Å²) in [6, 6.07) is 4.19. The average Bonchev–Trinajstić information content (AvgIpc) is 2.97. The molecule has 2 aromatic rings. The second-order valence-electron chi connectivity index (χ2n) is 3.75. The molecule has 1 fully saturated rings. The van der Waals surface area contributed by atoms with Crippen molar-refractivity contribution >= 4 is 5.65 Å². The lowest BCUT2D eigenvalue weighted by atomic mass is 10.2. The first-order chi connectivity index (χ1) is 6.90. The van der Waals surface area contributed by atoms with Crippen molar-refractivity contribution in [2.45, 2.75) is 25.3 Å². The highest BCUT2D eigenvalue weighted by Gasteiger charge is 2.26. The summed E-state index contributed by atoms with van der Waals surface area (Å²) in [4.78, 5) is 0. The summed E-state index contributed by atoms with van der Waals surface area (Å²) in [6.45, 7) is 0.440. The van der Waals surface area contributed by atoms with Gasteiger partial charge >= 0.3 is 0 Å². The summed E-state index contributed by atoms with van der Waals surface area (Å²) in [5.74, 6) is 1.54. The van der Waals surface area contributed by atoms with Gasteiger partial charge in [-0.25, -0.2) is 0 Å². The normalized spacial score (nSPS) is 16.4. The molecule has 0 aliphatic heterocycles. The quantitative estimate of drug-likeness (QED) is 0.766. The second-order valence-corrected chi connectivity index (χ2v) is 3.75. The van der Waals surface area contributed by atoms with Crippen LogP contribution in [-0.4, -0.2) is 14.6 Å². The van der Waals surface area contributed by atoms with Gasteiger partial charge in [-0.05, 0) is 24.8 Å². The van der Waals surface area contributed by atoms with Crippen LogP contribution in [-0.2, 0) is 6.54 Å². The Morgan fingerprint density at radius 1 is 1.43 bits per heavy atom. The van der Waals surface area contributed by atoms with Crippen molar-refractivity contribution in [2.75, 3.05) is 0 Å². The van der Waals surface area contributed by atoms with E-state index in [0.717, 1.165) is 11.5 Å². The van der Waals surface area contributed by atoms with Crippen molar-refractivity contribution in [2.24, 2.45) is 5.73 Å². The van der Waals surface area contributed by atoms with Crippen LogP contribution in [0.5, 0.6) is 0 Å². The number of fused-ring (bicyclic) bond motifs is 1. The predicted molar refractivity (Wildman–Crippen MR) is 52.9 cm³/mol. The summed E-state index contributed by atoms with van der Waals surface area (Å²) >= 11 is 0. The van der Waals surface area contributed by atoms with E-state index in [1.54, 1.807) is 0 Å². The van der Waals surface area contributed by atoms with Gasteiger partial charge < -0.3 is 5.73 Å². The Balaban J connectivity index is 2.26. The number of nitrogens with two attached hydrogens (primary N) is 1. The minimum Gasteiger partial charge on any atom is -0.324 e. The Hall–Kier alpha value is -1.42. The molecule has 4 nitrogen and oxygen atoms in total. The molecule has 14 heavy (non-hydrogen) atoms. The van der Waals surface area contributed by atoms with Crippen molar-refractivity contribution in [3.05, 3.63) is 29.7 Å². The van der Waals surface area contributed by atoms with Crippen LogP contribution in [0.4, 0.5) is 0 Å². The molecular formula is C10H12N4. The van der Waals surface area contributed by atoms with E-state index >= 15 is 0 Å². The third-order valence-electron chi connectivity index (χ3n) is 2.74. The van der Waals surface area contributed by atoms with E-state index in [4.69, 9.17) is 5.73 Å². The van der Waals surface area contributed by atoms with Crippen LogP contribution in [0.3, 0.4) is 0 Å². The number of hydrogen-bond acceptors (Lipinski definition) is 3. The van der Waals surface area contributed by atoms with Gasteiger partial charge in [0.25, 0.3) is 0 Å². The van der Waals surface area contributed by atoms with E-state index in [1.165, 1.54) is 18.4 Å². The van der Waals surface area contributed by atoms with Crippen LogP contribution in [0.1, 0.15) is 30.1 Å². The number of pyridine rings is 1. The Morgan fingerprint density at radius 3 is 3.00 bits per heavy atom. The minimum atomic E-state index is 0.440.